The molecule has 33 heavy (non-hydrogen) atoms. The van der Waals surface area contributed by atoms with Gasteiger partial charge in [-0.3, -0.25) is 4.79 Å². The van der Waals surface area contributed by atoms with Crippen LogP contribution >= 0.6 is 0 Å². The molecule has 4 rings (SSSR count). The van der Waals surface area contributed by atoms with Gasteiger partial charge in [0, 0.05) is 24.9 Å². The number of nitrogens with one attached hydrogen (secondary N) is 2. The van der Waals surface area contributed by atoms with Crippen LogP contribution < -0.4 is 15.5 Å². The highest BCUT2D eigenvalue weighted by Gasteiger charge is 2.30. The van der Waals surface area contributed by atoms with Gasteiger partial charge in [-0.1, -0.05) is 12.1 Å². The lowest BCUT2D eigenvalue weighted by atomic mass is 10.00. The molecule has 2 atom stereocenters. The maximum Gasteiger partial charge on any atom is 0.416 e. The van der Waals surface area contributed by atoms with Gasteiger partial charge in [-0.2, -0.15) is 18.2 Å². The quantitative estimate of drug-likeness (QED) is 0.513. The van der Waals surface area contributed by atoms with E-state index in [1.807, 2.05) is 11.9 Å². The van der Waals surface area contributed by atoms with E-state index >= 15 is 0 Å². The molecule has 2 unspecified atom stereocenters. The van der Waals surface area contributed by atoms with Gasteiger partial charge < -0.3 is 20.0 Å². The third kappa shape index (κ3) is 5.36. The predicted molar refractivity (Wildman–Crippen MR) is 122 cm³/mol. The van der Waals surface area contributed by atoms with Gasteiger partial charge >= 0.3 is 6.18 Å². The lowest BCUT2D eigenvalue weighted by Gasteiger charge is -2.27. The number of nitrogens with zero attached hydrogens (tertiary/aromatic N) is 2. The zero-order valence-electron chi connectivity index (χ0n) is 18.3. The summed E-state index contributed by atoms with van der Waals surface area (Å²) < 4.78 is 43.8. The summed E-state index contributed by atoms with van der Waals surface area (Å²) in [4.78, 5) is 18.9. The second kappa shape index (κ2) is 9.27. The molecule has 6 nitrogen and oxygen atoms in total. The minimum atomic E-state index is -4.39. The highest BCUT2D eigenvalue weighted by molar-refractivity contribution is 6.02. The fourth-order valence-corrected chi connectivity index (χ4v) is 3.86. The Hall–Kier alpha value is -3.33. The van der Waals surface area contributed by atoms with Crippen molar-refractivity contribution >= 4 is 34.8 Å². The van der Waals surface area contributed by atoms with Gasteiger partial charge in [0.2, 0.25) is 5.91 Å². The van der Waals surface area contributed by atoms with Crippen LogP contribution in [0.4, 0.5) is 24.9 Å². The van der Waals surface area contributed by atoms with Gasteiger partial charge in [-0.25, -0.2) is 0 Å². The SMILES string of the molecule is CC(C1CCNC1)N(C)c1nc2cc(NC(=O)C=Cc3ccc(C(F)(F)F)cc3)ccc2o1. The Bertz CT molecular complexity index is 1150. The molecule has 1 saturated heterocycles. The van der Waals surface area contributed by atoms with Crippen molar-refractivity contribution < 1.29 is 22.4 Å². The van der Waals surface area contributed by atoms with Crippen LogP contribution in [0.5, 0.6) is 0 Å². The fourth-order valence-electron chi connectivity index (χ4n) is 3.86. The maximum atomic E-state index is 12.6. The Morgan fingerprint density at radius 2 is 2.03 bits per heavy atom. The number of benzene rings is 2. The number of carbonyl (C=O) groups is 1. The number of hydrogen-bond donors (Lipinski definition) is 2. The smallest absolute Gasteiger partial charge is 0.416 e. The Balaban J connectivity index is 1.41. The molecule has 0 radical (unpaired) electrons. The van der Waals surface area contributed by atoms with Crippen LogP contribution in [0.15, 0.2) is 53.0 Å². The Kier molecular flexibility index (Phi) is 6.42. The van der Waals surface area contributed by atoms with Crippen molar-refractivity contribution in [1.82, 2.24) is 10.3 Å². The van der Waals surface area contributed by atoms with Crippen LogP contribution in [-0.2, 0) is 11.0 Å². The third-order valence-corrected chi connectivity index (χ3v) is 6.00. The van der Waals surface area contributed by atoms with E-state index in [0.29, 0.717) is 34.3 Å². The number of carbonyl (C=O) groups excluding carboxylic acids is 1. The number of alkyl halides is 3. The molecule has 1 aliphatic heterocycles. The molecule has 1 amide bonds. The molecule has 174 valence electrons. The van der Waals surface area contributed by atoms with E-state index in [2.05, 4.69) is 22.5 Å². The number of rotatable bonds is 6. The molecule has 2 heterocycles. The molecule has 0 spiro atoms. The zero-order valence-corrected chi connectivity index (χ0v) is 18.3. The summed E-state index contributed by atoms with van der Waals surface area (Å²) in [5, 5.41) is 6.11. The lowest BCUT2D eigenvalue weighted by molar-refractivity contribution is -0.137. The molecule has 2 aromatic carbocycles. The summed E-state index contributed by atoms with van der Waals surface area (Å²) in [6.45, 7) is 4.15. The number of fused-ring (bicyclic) bond motifs is 1. The van der Waals surface area contributed by atoms with E-state index in [4.69, 9.17) is 4.42 Å². The summed E-state index contributed by atoms with van der Waals surface area (Å²) in [6.07, 6.45) is -0.551. The fraction of sp³-hybridized carbons (Fsp3) is 0.333. The second-order valence-corrected chi connectivity index (χ2v) is 8.23. The van der Waals surface area contributed by atoms with Crippen molar-refractivity contribution in [1.29, 1.82) is 0 Å². The van der Waals surface area contributed by atoms with Crippen molar-refractivity contribution in [2.45, 2.75) is 25.6 Å². The van der Waals surface area contributed by atoms with Crippen LogP contribution in [0.2, 0.25) is 0 Å². The van der Waals surface area contributed by atoms with Crippen molar-refractivity contribution in [3.63, 3.8) is 0 Å². The summed E-state index contributed by atoms with van der Waals surface area (Å²) in [7, 11) is 1.96. The van der Waals surface area contributed by atoms with Crippen molar-refractivity contribution in [3.05, 3.63) is 59.7 Å². The molecule has 0 aliphatic carbocycles. The second-order valence-electron chi connectivity index (χ2n) is 8.23. The number of hydrogen-bond acceptors (Lipinski definition) is 5. The summed E-state index contributed by atoms with van der Waals surface area (Å²) in [6, 6.07) is 10.6. The third-order valence-electron chi connectivity index (χ3n) is 6.00. The molecule has 1 aliphatic rings. The summed E-state index contributed by atoms with van der Waals surface area (Å²) in [5.41, 5.74) is 1.54. The first-order valence-electron chi connectivity index (χ1n) is 10.7. The van der Waals surface area contributed by atoms with E-state index in [0.717, 1.165) is 31.6 Å². The van der Waals surface area contributed by atoms with E-state index in [9.17, 15) is 18.0 Å². The molecule has 0 bridgehead atoms. The molecule has 2 N–H and O–H groups in total. The van der Waals surface area contributed by atoms with Gasteiger partial charge in [0.05, 0.1) is 5.56 Å². The number of oxazole rings is 1. The minimum absolute atomic E-state index is 0.266. The van der Waals surface area contributed by atoms with Crippen molar-refractivity contribution in [2.24, 2.45) is 5.92 Å². The average Bonchev–Trinajstić information content (AvgIpc) is 3.46. The topological polar surface area (TPSA) is 70.4 Å². The highest BCUT2D eigenvalue weighted by Crippen LogP contribution is 2.30. The van der Waals surface area contributed by atoms with Crippen LogP contribution in [0, 0.1) is 5.92 Å². The Morgan fingerprint density at radius 1 is 1.27 bits per heavy atom. The first-order chi connectivity index (χ1) is 15.7. The van der Waals surface area contributed by atoms with Gasteiger partial charge in [-0.15, -0.1) is 0 Å². The van der Waals surface area contributed by atoms with Crippen molar-refractivity contribution in [3.8, 4) is 0 Å². The normalized spacial score (nSPS) is 17.5. The monoisotopic (exact) mass is 458 g/mol. The molecule has 1 aromatic heterocycles. The highest BCUT2D eigenvalue weighted by atomic mass is 19.4. The molecule has 9 heteroatoms. The summed E-state index contributed by atoms with van der Waals surface area (Å²) >= 11 is 0. The van der Waals surface area contributed by atoms with Gasteiger partial charge in [0.25, 0.3) is 6.01 Å². The zero-order chi connectivity index (χ0) is 23.6. The first-order valence-corrected chi connectivity index (χ1v) is 10.7. The van der Waals surface area contributed by atoms with E-state index in [1.54, 1.807) is 18.2 Å². The number of aromatic nitrogens is 1. The predicted octanol–water partition coefficient (Wildman–Crippen LogP) is 4.93. The molecule has 3 aromatic rings. The van der Waals surface area contributed by atoms with E-state index in [-0.39, 0.29) is 6.04 Å². The van der Waals surface area contributed by atoms with E-state index in [1.165, 1.54) is 24.3 Å². The summed E-state index contributed by atoms with van der Waals surface area (Å²) in [5.74, 6) is 0.119. The maximum absolute atomic E-state index is 12.6. The standard InChI is InChI=1S/C24H25F3N4O2/c1-15(17-11-12-28-14-17)31(2)23-30-20-13-19(8-9-21(20)33-23)29-22(32)10-5-16-3-6-18(7-4-16)24(25,26)27/h3-10,13,15,17,28H,11-12,14H2,1-2H3,(H,29,32). The number of amides is 1. The van der Waals surface area contributed by atoms with Crippen molar-refractivity contribution in [2.75, 3.05) is 30.4 Å². The average molecular weight is 458 g/mol. The first kappa shape index (κ1) is 22.8. The van der Waals surface area contributed by atoms with Crippen LogP contribution in [-0.4, -0.2) is 37.1 Å². The van der Waals surface area contributed by atoms with Crippen LogP contribution in [0.3, 0.4) is 0 Å². The molecule has 1 fully saturated rings. The Morgan fingerprint density at radius 3 is 2.70 bits per heavy atom. The largest absolute Gasteiger partial charge is 0.423 e. The number of anilines is 2. The van der Waals surface area contributed by atoms with Crippen LogP contribution in [0.1, 0.15) is 24.5 Å². The molecular weight excluding hydrogens is 433 g/mol. The van der Waals surface area contributed by atoms with Gasteiger partial charge in [0.1, 0.15) is 5.52 Å². The van der Waals surface area contributed by atoms with Gasteiger partial charge in [-0.05, 0) is 74.3 Å². The number of halogens is 3. The van der Waals surface area contributed by atoms with Crippen LogP contribution in [0.25, 0.3) is 17.2 Å². The molecule has 0 saturated carbocycles. The Labute approximate surface area is 189 Å². The van der Waals surface area contributed by atoms with E-state index < -0.39 is 17.6 Å². The van der Waals surface area contributed by atoms with Gasteiger partial charge in [0.15, 0.2) is 5.58 Å². The molecular formula is C24H25F3N4O2. The lowest BCUT2D eigenvalue weighted by Crippen LogP contribution is -2.36. The minimum Gasteiger partial charge on any atom is -0.423 e.